The van der Waals surface area contributed by atoms with E-state index in [4.69, 9.17) is 16.3 Å². The zero-order valence-corrected chi connectivity index (χ0v) is 13.5. The summed E-state index contributed by atoms with van der Waals surface area (Å²) in [5.41, 5.74) is 1.43. The number of fused-ring (bicyclic) bond motifs is 1. The normalized spacial score (nSPS) is 13.2. The fourth-order valence-electron chi connectivity index (χ4n) is 2.49. The van der Waals surface area contributed by atoms with Gasteiger partial charge < -0.3 is 10.1 Å². The van der Waals surface area contributed by atoms with Crippen LogP contribution >= 0.6 is 11.6 Å². The second kappa shape index (κ2) is 6.43. The number of halogens is 1. The number of carbonyl (C=O) groups is 3. The number of benzene rings is 2. The van der Waals surface area contributed by atoms with Crippen LogP contribution < -0.4 is 10.2 Å². The summed E-state index contributed by atoms with van der Waals surface area (Å²) >= 11 is 6.15. The number of imide groups is 1. The number of nitrogens with one attached hydrogen (secondary N) is 1. The maximum Gasteiger partial charge on any atom is 0.266 e. The van der Waals surface area contributed by atoms with Gasteiger partial charge in [0.15, 0.2) is 0 Å². The van der Waals surface area contributed by atoms with Crippen molar-refractivity contribution in [2.24, 2.45) is 0 Å². The van der Waals surface area contributed by atoms with E-state index in [0.717, 1.165) is 4.90 Å². The van der Waals surface area contributed by atoms with Crippen molar-refractivity contribution < 1.29 is 19.1 Å². The fourth-order valence-corrected chi connectivity index (χ4v) is 2.71. The molecule has 24 heavy (non-hydrogen) atoms. The van der Waals surface area contributed by atoms with Crippen LogP contribution in [0.1, 0.15) is 20.7 Å². The first-order valence-corrected chi connectivity index (χ1v) is 7.47. The van der Waals surface area contributed by atoms with E-state index >= 15 is 0 Å². The molecule has 0 aliphatic carbocycles. The molecule has 0 bridgehead atoms. The molecule has 0 spiro atoms. The molecular weight excluding hydrogens is 332 g/mol. The van der Waals surface area contributed by atoms with Gasteiger partial charge in [-0.3, -0.25) is 14.4 Å². The predicted molar refractivity (Wildman–Crippen MR) is 89.5 cm³/mol. The molecule has 0 aromatic heterocycles. The van der Waals surface area contributed by atoms with Crippen LogP contribution in [0.25, 0.3) is 0 Å². The molecule has 3 rings (SSSR count). The van der Waals surface area contributed by atoms with E-state index in [1.54, 1.807) is 30.3 Å². The van der Waals surface area contributed by atoms with Gasteiger partial charge in [0.2, 0.25) is 5.91 Å². The lowest BCUT2D eigenvalue weighted by atomic mass is 10.1. The van der Waals surface area contributed by atoms with Gasteiger partial charge in [-0.15, -0.1) is 0 Å². The van der Waals surface area contributed by atoms with Gasteiger partial charge in [0.05, 0.1) is 27.5 Å². The van der Waals surface area contributed by atoms with Crippen LogP contribution in [0, 0.1) is 0 Å². The average molecular weight is 345 g/mol. The minimum Gasteiger partial charge on any atom is -0.375 e. The molecule has 1 aliphatic heterocycles. The molecular formula is C17H13ClN2O4. The Hall–Kier alpha value is -2.70. The molecule has 122 valence electrons. The third kappa shape index (κ3) is 2.77. The first kappa shape index (κ1) is 16.2. The van der Waals surface area contributed by atoms with Crippen molar-refractivity contribution in [3.8, 4) is 0 Å². The zero-order valence-electron chi connectivity index (χ0n) is 12.7. The molecule has 0 saturated heterocycles. The van der Waals surface area contributed by atoms with Crippen LogP contribution in [0.3, 0.4) is 0 Å². The molecule has 0 radical (unpaired) electrons. The Labute approximate surface area is 143 Å². The molecule has 1 heterocycles. The minimum atomic E-state index is -0.400. The Bertz CT molecular complexity index is 815. The third-order valence-corrected chi connectivity index (χ3v) is 3.87. The van der Waals surface area contributed by atoms with Crippen molar-refractivity contribution in [1.82, 2.24) is 0 Å². The van der Waals surface area contributed by atoms with Crippen molar-refractivity contribution in [1.29, 1.82) is 0 Å². The monoisotopic (exact) mass is 344 g/mol. The van der Waals surface area contributed by atoms with E-state index in [1.165, 1.54) is 19.2 Å². The Morgan fingerprint density at radius 2 is 1.75 bits per heavy atom. The predicted octanol–water partition coefficient (Wildman–Crippen LogP) is 2.73. The van der Waals surface area contributed by atoms with Crippen molar-refractivity contribution in [3.63, 3.8) is 0 Å². The van der Waals surface area contributed by atoms with Crippen molar-refractivity contribution in [2.45, 2.75) is 0 Å². The summed E-state index contributed by atoms with van der Waals surface area (Å²) in [6.07, 6.45) is 0. The Balaban J connectivity index is 1.89. The highest BCUT2D eigenvalue weighted by molar-refractivity contribution is 6.36. The standard InChI is InChI=1S/C17H13ClN2O4/c1-24-9-15(21)19-14-7-6-10(8-13(14)18)20-16(22)11-4-2-3-5-12(11)17(20)23/h2-8H,9H2,1H3,(H,19,21). The highest BCUT2D eigenvalue weighted by atomic mass is 35.5. The maximum atomic E-state index is 12.4. The molecule has 2 aromatic carbocycles. The van der Waals surface area contributed by atoms with E-state index < -0.39 is 11.8 Å². The Kier molecular flexibility index (Phi) is 4.33. The number of amides is 3. The SMILES string of the molecule is COCC(=O)Nc1ccc(N2C(=O)c3ccccc3C2=O)cc1Cl. The lowest BCUT2D eigenvalue weighted by Crippen LogP contribution is -2.29. The van der Waals surface area contributed by atoms with Gasteiger partial charge in [0, 0.05) is 7.11 Å². The zero-order chi connectivity index (χ0) is 17.3. The van der Waals surface area contributed by atoms with Gasteiger partial charge in [0.1, 0.15) is 6.61 Å². The second-order valence-corrected chi connectivity index (χ2v) is 5.54. The van der Waals surface area contributed by atoms with Crippen LogP contribution in [0.5, 0.6) is 0 Å². The smallest absolute Gasteiger partial charge is 0.266 e. The van der Waals surface area contributed by atoms with Crippen LogP contribution in [0.15, 0.2) is 42.5 Å². The molecule has 1 aliphatic rings. The number of carbonyl (C=O) groups excluding carboxylic acids is 3. The summed E-state index contributed by atoms with van der Waals surface area (Å²) in [5.74, 6) is -1.15. The number of nitrogens with zero attached hydrogens (tertiary/aromatic N) is 1. The summed E-state index contributed by atoms with van der Waals surface area (Å²) in [7, 11) is 1.41. The van der Waals surface area contributed by atoms with Gasteiger partial charge in [-0.2, -0.15) is 0 Å². The summed E-state index contributed by atoms with van der Waals surface area (Å²) in [4.78, 5) is 37.5. The molecule has 0 saturated carbocycles. The Morgan fingerprint density at radius 3 is 2.29 bits per heavy atom. The van der Waals surface area contributed by atoms with E-state index in [9.17, 15) is 14.4 Å². The van der Waals surface area contributed by atoms with E-state index in [2.05, 4.69) is 5.32 Å². The summed E-state index contributed by atoms with van der Waals surface area (Å²) in [5, 5.41) is 2.80. The van der Waals surface area contributed by atoms with Crippen molar-refractivity contribution in [2.75, 3.05) is 23.9 Å². The quantitative estimate of drug-likeness (QED) is 0.865. The lowest BCUT2D eigenvalue weighted by Gasteiger charge is -2.15. The van der Waals surface area contributed by atoms with Gasteiger partial charge in [0.25, 0.3) is 11.8 Å². The van der Waals surface area contributed by atoms with E-state index in [1.807, 2.05) is 0 Å². The minimum absolute atomic E-state index is 0.101. The van der Waals surface area contributed by atoms with Gasteiger partial charge >= 0.3 is 0 Å². The lowest BCUT2D eigenvalue weighted by molar-refractivity contribution is -0.119. The summed E-state index contributed by atoms with van der Waals surface area (Å²) in [6.45, 7) is -0.101. The van der Waals surface area contributed by atoms with Gasteiger partial charge in [-0.25, -0.2) is 4.90 Å². The summed E-state index contributed by atoms with van der Waals surface area (Å²) in [6, 6.07) is 11.2. The van der Waals surface area contributed by atoms with E-state index in [0.29, 0.717) is 22.5 Å². The molecule has 0 unspecified atom stereocenters. The fraction of sp³-hybridized carbons (Fsp3) is 0.118. The summed E-state index contributed by atoms with van der Waals surface area (Å²) < 4.78 is 4.73. The van der Waals surface area contributed by atoms with Crippen molar-refractivity contribution >= 4 is 40.7 Å². The van der Waals surface area contributed by atoms with Crippen LogP contribution in [0.2, 0.25) is 5.02 Å². The largest absolute Gasteiger partial charge is 0.375 e. The van der Waals surface area contributed by atoms with Gasteiger partial charge in [-0.1, -0.05) is 23.7 Å². The molecule has 0 fully saturated rings. The number of rotatable bonds is 4. The average Bonchev–Trinajstić information content (AvgIpc) is 2.82. The molecule has 3 amide bonds. The first-order valence-electron chi connectivity index (χ1n) is 7.09. The highest BCUT2D eigenvalue weighted by Crippen LogP contribution is 2.32. The number of hydrogen-bond donors (Lipinski definition) is 1. The number of methoxy groups -OCH3 is 1. The number of anilines is 2. The molecule has 2 aromatic rings. The Morgan fingerprint density at radius 1 is 1.12 bits per heavy atom. The molecule has 6 nitrogen and oxygen atoms in total. The first-order chi connectivity index (χ1) is 11.5. The number of hydrogen-bond acceptors (Lipinski definition) is 4. The highest BCUT2D eigenvalue weighted by Gasteiger charge is 2.36. The van der Waals surface area contributed by atoms with Crippen LogP contribution in [-0.2, 0) is 9.53 Å². The third-order valence-electron chi connectivity index (χ3n) is 3.55. The molecule has 0 atom stereocenters. The van der Waals surface area contributed by atoms with Gasteiger partial charge in [-0.05, 0) is 30.3 Å². The second-order valence-electron chi connectivity index (χ2n) is 5.14. The van der Waals surface area contributed by atoms with E-state index in [-0.39, 0.29) is 17.5 Å². The topological polar surface area (TPSA) is 75.7 Å². The molecule has 7 heteroatoms. The number of ether oxygens (including phenoxy) is 1. The molecule has 1 N–H and O–H groups in total. The van der Waals surface area contributed by atoms with Crippen molar-refractivity contribution in [3.05, 3.63) is 58.6 Å². The maximum absolute atomic E-state index is 12.4. The van der Waals surface area contributed by atoms with Crippen LogP contribution in [0.4, 0.5) is 11.4 Å². The van der Waals surface area contributed by atoms with Crippen LogP contribution in [-0.4, -0.2) is 31.4 Å².